The molecule has 1 N–H and O–H groups in total. The lowest BCUT2D eigenvalue weighted by Crippen LogP contribution is -2.54. The second kappa shape index (κ2) is 6.26. The van der Waals surface area contributed by atoms with Crippen LogP contribution in [0.1, 0.15) is 26.2 Å². The molecule has 0 aromatic rings. The number of hydrogen-bond acceptors (Lipinski definition) is 4. The van der Waals surface area contributed by atoms with Crippen LogP contribution in [-0.4, -0.2) is 70.6 Å². The predicted octanol–water partition coefficient (Wildman–Crippen LogP) is 1.36. The Morgan fingerprint density at radius 2 is 2.22 bits per heavy atom. The number of carbonyl (C=O) groups is 1. The number of nitrogens with zero attached hydrogens (tertiary/aromatic N) is 2. The van der Waals surface area contributed by atoms with Crippen molar-refractivity contribution in [2.75, 3.05) is 31.6 Å². The molecule has 104 valence electrons. The van der Waals surface area contributed by atoms with Gasteiger partial charge in [0.1, 0.15) is 0 Å². The van der Waals surface area contributed by atoms with Crippen LogP contribution in [0.4, 0.5) is 0 Å². The summed E-state index contributed by atoms with van der Waals surface area (Å²) in [6.45, 7) is 4.47. The van der Waals surface area contributed by atoms with Crippen LogP contribution in [-0.2, 0) is 4.79 Å². The lowest BCUT2D eigenvalue weighted by Gasteiger charge is -2.45. The second-order valence-corrected chi connectivity index (χ2v) is 6.72. The largest absolute Gasteiger partial charge is 0.481 e. The molecule has 2 aliphatic heterocycles. The van der Waals surface area contributed by atoms with Gasteiger partial charge in [0.05, 0.1) is 6.42 Å². The summed E-state index contributed by atoms with van der Waals surface area (Å²) in [5.41, 5.74) is 0. The molecule has 18 heavy (non-hydrogen) atoms. The molecular weight excluding hydrogens is 248 g/mol. The van der Waals surface area contributed by atoms with Crippen molar-refractivity contribution in [1.29, 1.82) is 0 Å². The Hall–Kier alpha value is -0.260. The fourth-order valence-corrected chi connectivity index (χ4v) is 4.18. The van der Waals surface area contributed by atoms with Crippen molar-refractivity contribution in [3.63, 3.8) is 0 Å². The highest BCUT2D eigenvalue weighted by atomic mass is 32.2. The third kappa shape index (κ3) is 3.39. The molecule has 5 heteroatoms. The summed E-state index contributed by atoms with van der Waals surface area (Å²) in [7, 11) is 2.18. The van der Waals surface area contributed by atoms with Gasteiger partial charge in [-0.2, -0.15) is 11.8 Å². The van der Waals surface area contributed by atoms with Gasteiger partial charge in [0.25, 0.3) is 0 Å². The minimum absolute atomic E-state index is 0.238. The first-order valence-electron chi connectivity index (χ1n) is 6.83. The molecule has 2 aliphatic rings. The topological polar surface area (TPSA) is 43.8 Å². The molecule has 2 rings (SSSR count). The van der Waals surface area contributed by atoms with Gasteiger partial charge in [-0.05, 0) is 33.4 Å². The fraction of sp³-hybridized carbons (Fsp3) is 0.923. The van der Waals surface area contributed by atoms with Gasteiger partial charge in [-0.1, -0.05) is 0 Å². The Morgan fingerprint density at radius 3 is 2.89 bits per heavy atom. The summed E-state index contributed by atoms with van der Waals surface area (Å²) >= 11 is 1.90. The van der Waals surface area contributed by atoms with Gasteiger partial charge in [-0.25, -0.2) is 0 Å². The van der Waals surface area contributed by atoms with Crippen molar-refractivity contribution in [1.82, 2.24) is 9.80 Å². The van der Waals surface area contributed by atoms with E-state index in [2.05, 4.69) is 23.8 Å². The predicted molar refractivity (Wildman–Crippen MR) is 75.2 cm³/mol. The normalized spacial score (nSPS) is 35.6. The van der Waals surface area contributed by atoms with Crippen molar-refractivity contribution in [3.8, 4) is 0 Å². The van der Waals surface area contributed by atoms with Crippen LogP contribution >= 0.6 is 11.8 Å². The van der Waals surface area contributed by atoms with Crippen LogP contribution < -0.4 is 0 Å². The molecule has 2 fully saturated rings. The summed E-state index contributed by atoms with van der Waals surface area (Å²) in [4.78, 5) is 15.9. The van der Waals surface area contributed by atoms with E-state index in [1.165, 1.54) is 12.8 Å². The first-order valence-corrected chi connectivity index (χ1v) is 7.99. The van der Waals surface area contributed by atoms with Gasteiger partial charge < -0.3 is 10.0 Å². The Morgan fingerprint density at radius 1 is 1.44 bits per heavy atom. The average Bonchev–Trinajstić information content (AvgIpc) is 2.33. The third-order valence-corrected chi connectivity index (χ3v) is 5.42. The Labute approximate surface area is 114 Å². The molecule has 0 aromatic heterocycles. The van der Waals surface area contributed by atoms with Crippen molar-refractivity contribution >= 4 is 17.7 Å². The number of hydrogen-bond donors (Lipinski definition) is 1. The highest BCUT2D eigenvalue weighted by molar-refractivity contribution is 7.99. The van der Waals surface area contributed by atoms with Crippen LogP contribution in [0.5, 0.6) is 0 Å². The zero-order valence-electron chi connectivity index (χ0n) is 11.3. The highest BCUT2D eigenvalue weighted by Crippen LogP contribution is 2.27. The van der Waals surface area contributed by atoms with Gasteiger partial charge in [0.2, 0.25) is 0 Å². The van der Waals surface area contributed by atoms with Crippen LogP contribution in [0, 0.1) is 0 Å². The monoisotopic (exact) mass is 272 g/mol. The average molecular weight is 272 g/mol. The molecule has 0 aliphatic carbocycles. The smallest absolute Gasteiger partial charge is 0.304 e. The van der Waals surface area contributed by atoms with Crippen molar-refractivity contribution in [3.05, 3.63) is 0 Å². The first-order chi connectivity index (χ1) is 8.58. The van der Waals surface area contributed by atoms with E-state index < -0.39 is 5.97 Å². The van der Waals surface area contributed by atoms with Gasteiger partial charge in [0.15, 0.2) is 0 Å². The van der Waals surface area contributed by atoms with E-state index in [0.717, 1.165) is 24.6 Å². The van der Waals surface area contributed by atoms with E-state index >= 15 is 0 Å². The van der Waals surface area contributed by atoms with Crippen LogP contribution in [0.3, 0.4) is 0 Å². The maximum absolute atomic E-state index is 11.0. The summed E-state index contributed by atoms with van der Waals surface area (Å²) in [5.74, 6) is 1.47. The molecule has 0 bridgehead atoms. The molecule has 0 spiro atoms. The SMILES string of the molecule is CC1CC(N2CCSCC2CC(=O)O)CCN1C. The van der Waals surface area contributed by atoms with Crippen LogP contribution in [0.2, 0.25) is 0 Å². The molecule has 4 nitrogen and oxygen atoms in total. The van der Waals surface area contributed by atoms with E-state index in [9.17, 15) is 4.79 Å². The number of piperidine rings is 1. The minimum Gasteiger partial charge on any atom is -0.481 e. The minimum atomic E-state index is -0.659. The quantitative estimate of drug-likeness (QED) is 0.840. The number of thioether (sulfide) groups is 1. The maximum Gasteiger partial charge on any atom is 0.304 e. The van der Waals surface area contributed by atoms with E-state index in [1.807, 2.05) is 11.8 Å². The summed E-state index contributed by atoms with van der Waals surface area (Å²) in [5, 5.41) is 9.03. The zero-order valence-corrected chi connectivity index (χ0v) is 12.2. The van der Waals surface area contributed by atoms with Gasteiger partial charge >= 0.3 is 5.97 Å². The van der Waals surface area contributed by atoms with E-state index in [0.29, 0.717) is 18.5 Å². The molecular formula is C13H24N2O2S. The molecule has 2 heterocycles. The number of carboxylic acids is 1. The lowest BCUT2D eigenvalue weighted by molar-refractivity contribution is -0.138. The Kier molecular flexibility index (Phi) is 4.92. The number of aliphatic carboxylic acids is 1. The molecule has 0 radical (unpaired) electrons. The molecule has 3 atom stereocenters. The number of rotatable bonds is 3. The Bertz CT molecular complexity index is 301. The molecule has 0 amide bonds. The fourth-order valence-electron chi connectivity index (χ4n) is 3.09. The van der Waals surface area contributed by atoms with Crippen LogP contribution in [0.25, 0.3) is 0 Å². The molecule has 3 unspecified atom stereocenters. The van der Waals surface area contributed by atoms with Crippen molar-refractivity contribution in [2.24, 2.45) is 0 Å². The van der Waals surface area contributed by atoms with E-state index in [4.69, 9.17) is 5.11 Å². The molecule has 0 aromatic carbocycles. The Balaban J connectivity index is 1.97. The van der Waals surface area contributed by atoms with Gasteiger partial charge in [0, 0.05) is 36.2 Å². The summed E-state index contributed by atoms with van der Waals surface area (Å²) in [6, 6.07) is 1.44. The van der Waals surface area contributed by atoms with Crippen molar-refractivity contribution in [2.45, 2.75) is 44.3 Å². The van der Waals surface area contributed by atoms with Gasteiger partial charge in [-0.15, -0.1) is 0 Å². The maximum atomic E-state index is 11.0. The molecule has 2 saturated heterocycles. The third-order valence-electron chi connectivity index (χ3n) is 4.33. The van der Waals surface area contributed by atoms with Gasteiger partial charge in [-0.3, -0.25) is 9.69 Å². The second-order valence-electron chi connectivity index (χ2n) is 5.57. The van der Waals surface area contributed by atoms with E-state index in [-0.39, 0.29) is 6.04 Å². The summed E-state index contributed by atoms with van der Waals surface area (Å²) in [6.07, 6.45) is 2.66. The van der Waals surface area contributed by atoms with Crippen LogP contribution in [0.15, 0.2) is 0 Å². The molecule has 0 saturated carbocycles. The number of likely N-dealkylation sites (tertiary alicyclic amines) is 1. The lowest BCUT2D eigenvalue weighted by atomic mass is 9.95. The number of carboxylic acid groups (broad SMARTS) is 1. The summed E-state index contributed by atoms with van der Waals surface area (Å²) < 4.78 is 0. The standard InChI is InChI=1S/C13H24N2O2S/c1-10-7-11(3-4-14(10)2)15-5-6-18-9-12(15)8-13(16)17/h10-12H,3-9H2,1-2H3,(H,16,17). The highest BCUT2D eigenvalue weighted by Gasteiger charge is 2.34. The first kappa shape index (κ1) is 14.2. The van der Waals surface area contributed by atoms with Crippen molar-refractivity contribution < 1.29 is 9.90 Å². The zero-order chi connectivity index (χ0) is 13.1. The van der Waals surface area contributed by atoms with E-state index in [1.54, 1.807) is 0 Å².